The van der Waals surface area contributed by atoms with E-state index in [4.69, 9.17) is 24.5 Å². The smallest absolute Gasteiger partial charge is 0.228 e. The summed E-state index contributed by atoms with van der Waals surface area (Å²) in [4.78, 5) is 14.6. The number of ether oxygens (including phenoxy) is 2. The van der Waals surface area contributed by atoms with Crippen molar-refractivity contribution in [2.75, 3.05) is 64.1 Å². The van der Waals surface area contributed by atoms with Gasteiger partial charge in [0.2, 0.25) is 5.95 Å². The zero-order chi connectivity index (χ0) is 21.3. The van der Waals surface area contributed by atoms with E-state index in [0.717, 1.165) is 91.6 Å². The van der Waals surface area contributed by atoms with Gasteiger partial charge < -0.3 is 14.4 Å². The van der Waals surface area contributed by atoms with Crippen LogP contribution in [-0.2, 0) is 16.0 Å². The Labute approximate surface area is 185 Å². The molecule has 10 nitrogen and oxygen atoms in total. The first-order chi connectivity index (χ1) is 15.9. The average Bonchev–Trinajstić information content (AvgIpc) is 3.50. The molecule has 10 heteroatoms. The van der Waals surface area contributed by atoms with Crippen LogP contribution in [0.15, 0.2) is 30.6 Å². The van der Waals surface area contributed by atoms with Crippen LogP contribution in [0.2, 0.25) is 0 Å². The first kappa shape index (κ1) is 19.6. The maximum absolute atomic E-state index is 5.54. The molecule has 2 saturated heterocycles. The van der Waals surface area contributed by atoms with Crippen molar-refractivity contribution in [3.05, 3.63) is 30.6 Å². The van der Waals surface area contributed by atoms with Gasteiger partial charge >= 0.3 is 0 Å². The van der Waals surface area contributed by atoms with Crippen molar-refractivity contribution >= 4 is 27.9 Å². The van der Waals surface area contributed by atoms with Gasteiger partial charge in [-0.05, 0) is 6.07 Å². The molecule has 2 aliphatic rings. The van der Waals surface area contributed by atoms with E-state index in [1.807, 2.05) is 29.2 Å². The Balaban J connectivity index is 1.44. The fourth-order valence-corrected chi connectivity index (χ4v) is 4.45. The lowest BCUT2D eigenvalue weighted by Gasteiger charge is -2.27. The second-order valence-electron chi connectivity index (χ2n) is 8.17. The summed E-state index contributed by atoms with van der Waals surface area (Å²) in [6, 6.07) is 6.15. The molecule has 0 amide bonds. The number of fused-ring (bicyclic) bond motifs is 2. The predicted octanol–water partition coefficient (Wildman–Crippen LogP) is 1.54. The molecular weight excluding hydrogens is 408 g/mol. The van der Waals surface area contributed by atoms with Crippen molar-refractivity contribution in [2.24, 2.45) is 0 Å². The minimum atomic E-state index is 0.685. The van der Waals surface area contributed by atoms with Crippen LogP contribution in [0.25, 0.3) is 33.2 Å². The number of rotatable bonds is 5. The average molecular weight is 435 g/mol. The van der Waals surface area contributed by atoms with E-state index < -0.39 is 0 Å². The van der Waals surface area contributed by atoms with Crippen LogP contribution in [-0.4, -0.2) is 94.0 Å². The topological polar surface area (TPSA) is 97.2 Å². The number of nitrogens with zero attached hydrogens (tertiary/aromatic N) is 7. The van der Waals surface area contributed by atoms with Crippen LogP contribution in [0.3, 0.4) is 0 Å². The highest BCUT2D eigenvalue weighted by atomic mass is 16.5. The lowest BCUT2D eigenvalue weighted by atomic mass is 10.1. The Morgan fingerprint density at radius 3 is 2.53 bits per heavy atom. The quantitative estimate of drug-likeness (QED) is 0.505. The lowest BCUT2D eigenvalue weighted by Crippen LogP contribution is -2.38. The second-order valence-corrected chi connectivity index (χ2v) is 8.17. The Bertz CT molecular complexity index is 1220. The van der Waals surface area contributed by atoms with Crippen molar-refractivity contribution in [2.45, 2.75) is 6.54 Å². The van der Waals surface area contributed by atoms with Crippen molar-refractivity contribution in [1.29, 1.82) is 0 Å². The van der Waals surface area contributed by atoms with Gasteiger partial charge in [0.15, 0.2) is 5.65 Å². The molecule has 6 rings (SSSR count). The number of H-pyrrole nitrogens is 1. The molecule has 5 heterocycles. The van der Waals surface area contributed by atoms with E-state index in [1.54, 1.807) is 0 Å². The third-order valence-electron chi connectivity index (χ3n) is 6.25. The SMILES string of the molecule is c1cc(-c2nc(N3CCOCC3)nc3c2cnn3CCN2CCOCC2)c2cn[nH]c2c1. The summed E-state index contributed by atoms with van der Waals surface area (Å²) in [6.45, 7) is 8.13. The van der Waals surface area contributed by atoms with Gasteiger partial charge in [-0.15, -0.1) is 0 Å². The number of aromatic nitrogens is 6. The monoisotopic (exact) mass is 434 g/mol. The van der Waals surface area contributed by atoms with Crippen molar-refractivity contribution in [1.82, 2.24) is 34.8 Å². The molecule has 1 aromatic carbocycles. The molecule has 166 valence electrons. The van der Waals surface area contributed by atoms with Gasteiger partial charge in [-0.1, -0.05) is 12.1 Å². The number of anilines is 1. The molecule has 0 unspecified atom stereocenters. The first-order valence-corrected chi connectivity index (χ1v) is 11.2. The zero-order valence-corrected chi connectivity index (χ0v) is 17.9. The third-order valence-corrected chi connectivity index (χ3v) is 6.25. The van der Waals surface area contributed by atoms with Gasteiger partial charge in [0, 0.05) is 43.7 Å². The molecule has 2 fully saturated rings. The number of morpholine rings is 2. The van der Waals surface area contributed by atoms with E-state index in [2.05, 4.69) is 26.1 Å². The molecule has 4 aromatic rings. The molecule has 0 aliphatic carbocycles. The summed E-state index contributed by atoms with van der Waals surface area (Å²) in [5.74, 6) is 0.726. The van der Waals surface area contributed by atoms with Crippen molar-refractivity contribution in [3.63, 3.8) is 0 Å². The molecule has 0 atom stereocenters. The van der Waals surface area contributed by atoms with Gasteiger partial charge in [0.05, 0.1) is 62.0 Å². The van der Waals surface area contributed by atoms with Crippen molar-refractivity contribution < 1.29 is 9.47 Å². The molecule has 1 N–H and O–H groups in total. The molecule has 0 radical (unpaired) electrons. The van der Waals surface area contributed by atoms with Crippen molar-refractivity contribution in [3.8, 4) is 11.3 Å². The highest BCUT2D eigenvalue weighted by Crippen LogP contribution is 2.33. The van der Waals surface area contributed by atoms with Crippen LogP contribution >= 0.6 is 0 Å². The number of hydrogen-bond acceptors (Lipinski definition) is 8. The van der Waals surface area contributed by atoms with E-state index in [1.165, 1.54) is 0 Å². The molecule has 3 aromatic heterocycles. The normalized spacial score (nSPS) is 18.1. The maximum atomic E-state index is 5.54. The van der Waals surface area contributed by atoms with Crippen LogP contribution in [0, 0.1) is 0 Å². The molecule has 32 heavy (non-hydrogen) atoms. The van der Waals surface area contributed by atoms with Crippen LogP contribution in [0.1, 0.15) is 0 Å². The summed E-state index contributed by atoms with van der Waals surface area (Å²) in [7, 11) is 0. The predicted molar refractivity (Wildman–Crippen MR) is 121 cm³/mol. The third kappa shape index (κ3) is 3.60. The standard InChI is InChI=1S/C22H26N8O2/c1-2-16(17-14-23-27-19(17)3-1)20-18-15-24-30(5-4-28-6-10-31-11-7-28)21(18)26-22(25-20)29-8-12-32-13-9-29/h1-3,14-15H,4-13H2,(H,23,27). The lowest BCUT2D eigenvalue weighted by molar-refractivity contribution is 0.0361. The van der Waals surface area contributed by atoms with Crippen LogP contribution in [0.5, 0.6) is 0 Å². The summed E-state index contributed by atoms with van der Waals surface area (Å²) in [5, 5.41) is 14.0. The molecule has 2 aliphatic heterocycles. The highest BCUT2D eigenvalue weighted by molar-refractivity contribution is 6.01. The van der Waals surface area contributed by atoms with Gasteiger partial charge in [0.25, 0.3) is 0 Å². The summed E-state index contributed by atoms with van der Waals surface area (Å²) in [6.07, 6.45) is 3.75. The minimum Gasteiger partial charge on any atom is -0.379 e. The summed E-state index contributed by atoms with van der Waals surface area (Å²) < 4.78 is 13.0. The second kappa shape index (κ2) is 8.45. The molecule has 0 saturated carbocycles. The Morgan fingerprint density at radius 2 is 1.69 bits per heavy atom. The molecular formula is C22H26N8O2. The fourth-order valence-electron chi connectivity index (χ4n) is 4.45. The fraction of sp³-hybridized carbons (Fsp3) is 0.455. The Kier molecular flexibility index (Phi) is 5.18. The Morgan fingerprint density at radius 1 is 0.875 bits per heavy atom. The first-order valence-electron chi connectivity index (χ1n) is 11.2. The van der Waals surface area contributed by atoms with E-state index in [9.17, 15) is 0 Å². The van der Waals surface area contributed by atoms with Gasteiger partial charge in [-0.25, -0.2) is 9.67 Å². The Hall–Kier alpha value is -3.08. The number of aromatic amines is 1. The van der Waals surface area contributed by atoms with E-state index in [-0.39, 0.29) is 0 Å². The van der Waals surface area contributed by atoms with Crippen LogP contribution < -0.4 is 4.90 Å². The summed E-state index contributed by atoms with van der Waals surface area (Å²) in [5.41, 5.74) is 3.78. The highest BCUT2D eigenvalue weighted by Gasteiger charge is 2.21. The maximum Gasteiger partial charge on any atom is 0.228 e. The van der Waals surface area contributed by atoms with Crippen LogP contribution in [0.4, 0.5) is 5.95 Å². The number of hydrogen-bond donors (Lipinski definition) is 1. The van der Waals surface area contributed by atoms with E-state index >= 15 is 0 Å². The zero-order valence-electron chi connectivity index (χ0n) is 17.9. The summed E-state index contributed by atoms with van der Waals surface area (Å²) >= 11 is 0. The number of benzene rings is 1. The minimum absolute atomic E-state index is 0.685. The largest absolute Gasteiger partial charge is 0.379 e. The molecule has 0 bridgehead atoms. The van der Waals surface area contributed by atoms with E-state index in [0.29, 0.717) is 13.2 Å². The van der Waals surface area contributed by atoms with Gasteiger partial charge in [0.1, 0.15) is 0 Å². The molecule has 0 spiro atoms. The van der Waals surface area contributed by atoms with Gasteiger partial charge in [-0.3, -0.25) is 10.00 Å². The number of nitrogens with one attached hydrogen (secondary N) is 1. The van der Waals surface area contributed by atoms with Gasteiger partial charge in [-0.2, -0.15) is 15.2 Å².